The molecule has 2 heterocycles. The van der Waals surface area contributed by atoms with Gasteiger partial charge in [0, 0.05) is 46.2 Å². The molecular weight excluding hydrogens is 600 g/mol. The number of rotatable bonds is 7. The van der Waals surface area contributed by atoms with Crippen LogP contribution in [-0.2, 0) is 12.4 Å². The number of ether oxygens (including phenoxy) is 1. The summed E-state index contributed by atoms with van der Waals surface area (Å²) in [5, 5.41) is 4.20. The lowest BCUT2D eigenvalue weighted by Crippen LogP contribution is -2.40. The van der Waals surface area contributed by atoms with Gasteiger partial charge in [0.1, 0.15) is 12.6 Å². The van der Waals surface area contributed by atoms with E-state index in [1.807, 2.05) is 48.5 Å². The maximum atomic E-state index is 15.2. The molecule has 204 valence electrons. The smallest absolute Gasteiger partial charge is 0.273 e. The average molecular weight is 625 g/mol. The standard InChI is InChI=1S/C30H24BrF2N3O3S/c1-3-35(26-19-12-13-23(32)25(33)21(19)17-40-29-20(26)10-7-11-22(29)31)36-15-14-24(37)28(27(36)30(38)34-2)39-16-18-8-5-4-6-9-18/h3-15,26H,1,16-17H2,2H3,(H,34,38). The van der Waals surface area contributed by atoms with Crippen LogP contribution in [0.2, 0.25) is 0 Å². The Balaban J connectivity index is 1.73. The molecule has 1 aromatic heterocycles. The van der Waals surface area contributed by atoms with Crippen LogP contribution in [0.3, 0.4) is 0 Å². The fraction of sp³-hybridized carbons (Fsp3) is 0.133. The Bertz CT molecular complexity index is 1660. The summed E-state index contributed by atoms with van der Waals surface area (Å²) >= 11 is 4.97. The van der Waals surface area contributed by atoms with Crippen molar-refractivity contribution in [1.29, 1.82) is 0 Å². The van der Waals surface area contributed by atoms with E-state index in [1.54, 1.807) is 11.1 Å². The van der Waals surface area contributed by atoms with E-state index in [2.05, 4.69) is 27.8 Å². The van der Waals surface area contributed by atoms with Gasteiger partial charge in [-0.1, -0.05) is 55.1 Å². The Labute approximate surface area is 242 Å². The van der Waals surface area contributed by atoms with E-state index in [-0.39, 0.29) is 29.4 Å². The maximum Gasteiger partial charge on any atom is 0.273 e. The highest BCUT2D eigenvalue weighted by Crippen LogP contribution is 2.46. The van der Waals surface area contributed by atoms with Gasteiger partial charge in [-0.15, -0.1) is 11.8 Å². The van der Waals surface area contributed by atoms with Crippen molar-refractivity contribution in [3.63, 3.8) is 0 Å². The summed E-state index contributed by atoms with van der Waals surface area (Å²) in [7, 11) is 1.45. The first kappa shape index (κ1) is 27.7. The number of nitrogens with zero attached hydrogens (tertiary/aromatic N) is 2. The molecule has 0 saturated heterocycles. The first-order chi connectivity index (χ1) is 19.3. The van der Waals surface area contributed by atoms with E-state index >= 15 is 4.39 Å². The maximum absolute atomic E-state index is 15.2. The van der Waals surface area contributed by atoms with E-state index in [0.717, 1.165) is 26.6 Å². The Morgan fingerprint density at radius 3 is 2.65 bits per heavy atom. The summed E-state index contributed by atoms with van der Waals surface area (Å²) in [6, 6.07) is 18.1. The molecule has 10 heteroatoms. The van der Waals surface area contributed by atoms with Crippen LogP contribution in [0.1, 0.15) is 38.8 Å². The molecule has 40 heavy (non-hydrogen) atoms. The van der Waals surface area contributed by atoms with E-state index < -0.39 is 29.0 Å². The summed E-state index contributed by atoms with van der Waals surface area (Å²) in [5.74, 6) is -2.41. The van der Waals surface area contributed by atoms with E-state index in [0.29, 0.717) is 5.56 Å². The molecule has 1 amide bonds. The highest BCUT2D eigenvalue weighted by atomic mass is 79.9. The van der Waals surface area contributed by atoms with Gasteiger partial charge in [-0.2, -0.15) is 0 Å². The van der Waals surface area contributed by atoms with Crippen LogP contribution in [0.5, 0.6) is 5.75 Å². The SMILES string of the molecule is C=CN(C1c2ccc(F)c(F)c2CSc2c(Br)cccc21)n1ccc(=O)c(OCc2ccccc2)c1C(=O)NC. The van der Waals surface area contributed by atoms with Gasteiger partial charge in [-0.05, 0) is 44.8 Å². The average Bonchev–Trinajstić information content (AvgIpc) is 3.14. The van der Waals surface area contributed by atoms with Gasteiger partial charge in [0.05, 0.1) is 0 Å². The van der Waals surface area contributed by atoms with Crippen molar-refractivity contribution in [3.8, 4) is 5.75 Å². The third-order valence-corrected chi connectivity index (χ3v) is 8.68. The summed E-state index contributed by atoms with van der Waals surface area (Å²) in [6.07, 6.45) is 2.92. The van der Waals surface area contributed by atoms with Gasteiger partial charge < -0.3 is 10.1 Å². The van der Waals surface area contributed by atoms with E-state index in [4.69, 9.17) is 4.74 Å². The lowest BCUT2D eigenvalue weighted by Gasteiger charge is -2.35. The molecule has 1 aliphatic heterocycles. The van der Waals surface area contributed by atoms with Crippen LogP contribution in [0.15, 0.2) is 99.9 Å². The predicted octanol–water partition coefficient (Wildman–Crippen LogP) is 6.30. The second kappa shape index (κ2) is 11.7. The van der Waals surface area contributed by atoms with Gasteiger partial charge in [-0.25, -0.2) is 8.78 Å². The first-order valence-electron chi connectivity index (χ1n) is 12.3. The van der Waals surface area contributed by atoms with Gasteiger partial charge in [0.15, 0.2) is 23.1 Å². The minimum atomic E-state index is -0.945. The number of thioether (sulfide) groups is 1. The Kier molecular flexibility index (Phi) is 8.09. The minimum absolute atomic E-state index is 0.0569. The number of carbonyl (C=O) groups excluding carboxylic acids is 1. The van der Waals surface area contributed by atoms with Gasteiger partial charge in [0.2, 0.25) is 5.43 Å². The number of hydrogen-bond acceptors (Lipinski definition) is 5. The van der Waals surface area contributed by atoms with Crippen LogP contribution >= 0.6 is 27.7 Å². The zero-order valence-corrected chi connectivity index (χ0v) is 23.8. The van der Waals surface area contributed by atoms with Crippen molar-refractivity contribution < 1.29 is 18.3 Å². The summed E-state index contributed by atoms with van der Waals surface area (Å²) in [6.45, 7) is 4.05. The highest BCUT2D eigenvalue weighted by molar-refractivity contribution is 9.10. The molecule has 1 unspecified atom stereocenters. The number of carbonyl (C=O) groups is 1. The fourth-order valence-electron chi connectivity index (χ4n) is 4.71. The number of pyridine rings is 1. The largest absolute Gasteiger partial charge is 0.482 e. The summed E-state index contributed by atoms with van der Waals surface area (Å²) in [5.41, 5.74) is 1.74. The quantitative estimate of drug-likeness (QED) is 0.262. The van der Waals surface area contributed by atoms with E-state index in [1.165, 1.54) is 41.9 Å². The molecule has 6 nitrogen and oxygen atoms in total. The summed E-state index contributed by atoms with van der Waals surface area (Å²) < 4.78 is 37.8. The highest BCUT2D eigenvalue weighted by Gasteiger charge is 2.34. The lowest BCUT2D eigenvalue weighted by atomic mass is 9.94. The molecule has 0 saturated carbocycles. The molecule has 0 bridgehead atoms. The molecule has 3 aromatic carbocycles. The fourth-order valence-corrected chi connectivity index (χ4v) is 6.57. The van der Waals surface area contributed by atoms with Crippen molar-refractivity contribution in [3.05, 3.63) is 140 Å². The van der Waals surface area contributed by atoms with Gasteiger partial charge in [-0.3, -0.25) is 19.3 Å². The molecule has 1 N–H and O–H groups in total. The lowest BCUT2D eigenvalue weighted by molar-refractivity contribution is 0.0946. The van der Waals surface area contributed by atoms with Gasteiger partial charge in [0.25, 0.3) is 5.91 Å². The second-order valence-corrected chi connectivity index (χ2v) is 10.7. The van der Waals surface area contributed by atoms with Crippen LogP contribution in [0.4, 0.5) is 8.78 Å². The topological polar surface area (TPSA) is 63.6 Å². The molecule has 1 aliphatic rings. The number of benzene rings is 3. The number of nitrogens with one attached hydrogen (secondary N) is 1. The van der Waals surface area contributed by atoms with Crippen LogP contribution < -0.4 is 20.5 Å². The minimum Gasteiger partial charge on any atom is -0.482 e. The van der Waals surface area contributed by atoms with E-state index in [9.17, 15) is 14.0 Å². The Hall–Kier alpha value is -3.89. The Morgan fingerprint density at radius 1 is 1.15 bits per heavy atom. The van der Waals surface area contributed by atoms with Crippen molar-refractivity contribution in [2.45, 2.75) is 23.3 Å². The molecule has 0 radical (unpaired) electrons. The molecule has 5 rings (SSSR count). The number of amides is 1. The number of halogens is 3. The molecule has 0 spiro atoms. The zero-order valence-electron chi connectivity index (χ0n) is 21.4. The number of fused-ring (bicyclic) bond motifs is 2. The molecule has 0 aliphatic carbocycles. The van der Waals surface area contributed by atoms with Crippen molar-refractivity contribution in [2.75, 3.05) is 12.1 Å². The third-order valence-electron chi connectivity index (χ3n) is 6.58. The normalized spacial score (nSPS) is 13.9. The van der Waals surface area contributed by atoms with Crippen LogP contribution in [0, 0.1) is 11.6 Å². The van der Waals surface area contributed by atoms with Gasteiger partial charge >= 0.3 is 0 Å². The molecule has 0 fully saturated rings. The number of aromatic nitrogens is 1. The van der Waals surface area contributed by atoms with Crippen molar-refractivity contribution in [1.82, 2.24) is 9.99 Å². The predicted molar refractivity (Wildman–Crippen MR) is 155 cm³/mol. The summed E-state index contributed by atoms with van der Waals surface area (Å²) in [4.78, 5) is 27.2. The third kappa shape index (κ3) is 5.04. The zero-order chi connectivity index (χ0) is 28.4. The van der Waals surface area contributed by atoms with Crippen LogP contribution in [-0.4, -0.2) is 17.6 Å². The van der Waals surface area contributed by atoms with Crippen molar-refractivity contribution >= 4 is 33.6 Å². The second-order valence-electron chi connectivity index (χ2n) is 8.90. The van der Waals surface area contributed by atoms with Crippen molar-refractivity contribution in [2.24, 2.45) is 0 Å². The Morgan fingerprint density at radius 2 is 1.93 bits per heavy atom. The monoisotopic (exact) mass is 623 g/mol. The number of hydrogen-bond donors (Lipinski definition) is 1. The van der Waals surface area contributed by atoms with Crippen LogP contribution in [0.25, 0.3) is 0 Å². The molecule has 4 aromatic rings. The molecule has 1 atom stereocenters. The first-order valence-corrected chi connectivity index (χ1v) is 14.1. The molecular formula is C30H24BrF2N3O3S.